The van der Waals surface area contributed by atoms with Gasteiger partial charge in [0, 0.05) is 18.0 Å². The van der Waals surface area contributed by atoms with Crippen molar-refractivity contribution in [2.75, 3.05) is 6.54 Å². The number of hydrogen-bond donors (Lipinski definition) is 1. The second-order valence-corrected chi connectivity index (χ2v) is 10.0. The Hall–Kier alpha value is -2.47. The number of nitrogens with one attached hydrogen (secondary N) is 1. The molecular weight excluding hydrogens is 428 g/mol. The minimum atomic E-state index is -4.54. The summed E-state index contributed by atoms with van der Waals surface area (Å²) in [6.07, 6.45) is -3.46. The molecule has 0 spiro atoms. The fourth-order valence-corrected chi connectivity index (χ4v) is 4.70. The minimum absolute atomic E-state index is 0.0277. The van der Waals surface area contributed by atoms with E-state index in [2.05, 4.69) is 10.3 Å². The van der Waals surface area contributed by atoms with E-state index in [-0.39, 0.29) is 25.3 Å². The van der Waals surface area contributed by atoms with Gasteiger partial charge in [-0.3, -0.25) is 4.98 Å². The lowest BCUT2D eigenvalue weighted by Gasteiger charge is -2.43. The van der Waals surface area contributed by atoms with Crippen molar-refractivity contribution in [2.24, 2.45) is 5.92 Å². The van der Waals surface area contributed by atoms with E-state index < -0.39 is 22.9 Å². The molecule has 0 radical (unpaired) electrons. The predicted molar refractivity (Wildman–Crippen MR) is 126 cm³/mol. The molecule has 0 bridgehead atoms. The first-order chi connectivity index (χ1) is 15.3. The normalized spacial score (nSPS) is 14.6. The first-order valence-corrected chi connectivity index (χ1v) is 11.3. The van der Waals surface area contributed by atoms with Crippen LogP contribution in [-0.2, 0) is 11.8 Å². The molecule has 0 aliphatic heterocycles. The van der Waals surface area contributed by atoms with Crippen molar-refractivity contribution in [2.45, 2.75) is 64.6 Å². The van der Waals surface area contributed by atoms with Crippen LogP contribution in [-0.4, -0.2) is 23.2 Å². The van der Waals surface area contributed by atoms with Gasteiger partial charge >= 0.3 is 6.18 Å². The second kappa shape index (κ2) is 9.41. The maximum atomic E-state index is 15.0. The Bertz CT molecular complexity index is 1100. The van der Waals surface area contributed by atoms with Crippen LogP contribution in [0.25, 0.3) is 10.9 Å². The second-order valence-electron chi connectivity index (χ2n) is 10.0. The van der Waals surface area contributed by atoms with Gasteiger partial charge < -0.3 is 5.32 Å². The molecule has 1 N–H and O–H groups in total. The maximum Gasteiger partial charge on any atom is 0.406 e. The molecule has 2 nitrogen and oxygen atoms in total. The van der Waals surface area contributed by atoms with E-state index >= 15 is 0 Å². The average Bonchev–Trinajstić information content (AvgIpc) is 2.73. The summed E-state index contributed by atoms with van der Waals surface area (Å²) in [4.78, 5) is 4.31. The molecule has 0 aliphatic rings. The summed E-state index contributed by atoms with van der Waals surface area (Å²) in [7, 11) is 0. The molecule has 6 heteroatoms. The molecule has 0 amide bonds. The van der Waals surface area contributed by atoms with Crippen molar-refractivity contribution in [3.05, 3.63) is 77.2 Å². The molecule has 0 fully saturated rings. The maximum absolute atomic E-state index is 15.0. The quantitative estimate of drug-likeness (QED) is 0.362. The van der Waals surface area contributed by atoms with Crippen molar-refractivity contribution in [1.29, 1.82) is 0 Å². The highest BCUT2D eigenvalue weighted by atomic mass is 19.4. The van der Waals surface area contributed by atoms with Gasteiger partial charge in [-0.05, 0) is 72.2 Å². The highest BCUT2D eigenvalue weighted by molar-refractivity contribution is 5.82. The van der Waals surface area contributed by atoms with Crippen LogP contribution in [0.3, 0.4) is 0 Å². The SMILES string of the molecule is Cc1ccc(F)cc1C(C)(C)CC(Cc1ccnc2ccccc12)(NCC(C)C)C(F)(F)F. The third kappa shape index (κ3) is 5.55. The van der Waals surface area contributed by atoms with E-state index in [1.165, 1.54) is 12.1 Å². The monoisotopic (exact) mass is 460 g/mol. The van der Waals surface area contributed by atoms with Crippen molar-refractivity contribution in [3.63, 3.8) is 0 Å². The molecule has 2 aromatic carbocycles. The molecule has 0 saturated heterocycles. The Balaban J connectivity index is 2.14. The van der Waals surface area contributed by atoms with Gasteiger partial charge in [-0.15, -0.1) is 0 Å². The number of alkyl halides is 3. The Morgan fingerprint density at radius 2 is 1.70 bits per heavy atom. The van der Waals surface area contributed by atoms with Crippen LogP contribution in [0.1, 0.15) is 50.8 Å². The summed E-state index contributed by atoms with van der Waals surface area (Å²) in [5.74, 6) is -0.420. The number of aryl methyl sites for hydroxylation is 1. The van der Waals surface area contributed by atoms with Crippen LogP contribution in [0.4, 0.5) is 17.6 Å². The topological polar surface area (TPSA) is 24.9 Å². The third-order valence-corrected chi connectivity index (χ3v) is 6.30. The number of halogens is 4. The van der Waals surface area contributed by atoms with E-state index in [9.17, 15) is 17.6 Å². The van der Waals surface area contributed by atoms with Gasteiger partial charge in [0.2, 0.25) is 0 Å². The van der Waals surface area contributed by atoms with Gasteiger partial charge in [-0.25, -0.2) is 4.39 Å². The van der Waals surface area contributed by atoms with Crippen molar-refractivity contribution in [3.8, 4) is 0 Å². The fourth-order valence-electron chi connectivity index (χ4n) is 4.70. The number of benzene rings is 2. The third-order valence-electron chi connectivity index (χ3n) is 6.30. The number of hydrogen-bond acceptors (Lipinski definition) is 2. The Morgan fingerprint density at radius 1 is 1.00 bits per heavy atom. The van der Waals surface area contributed by atoms with Gasteiger partial charge in [-0.1, -0.05) is 52.0 Å². The van der Waals surface area contributed by atoms with Crippen LogP contribution in [0.15, 0.2) is 54.7 Å². The molecule has 178 valence electrons. The number of pyridine rings is 1. The Kier molecular flexibility index (Phi) is 7.18. The summed E-state index contributed by atoms with van der Waals surface area (Å²) in [6.45, 7) is 9.31. The minimum Gasteiger partial charge on any atom is -0.303 e. The zero-order valence-corrected chi connectivity index (χ0v) is 19.9. The average molecular weight is 461 g/mol. The highest BCUT2D eigenvalue weighted by Gasteiger charge is 2.56. The molecule has 1 heterocycles. The summed E-state index contributed by atoms with van der Waals surface area (Å²) >= 11 is 0. The fraction of sp³-hybridized carbons (Fsp3) is 0.444. The van der Waals surface area contributed by atoms with Gasteiger partial charge in [0.05, 0.1) is 5.52 Å². The number of rotatable bonds is 8. The molecule has 0 aliphatic carbocycles. The van der Waals surface area contributed by atoms with Crippen LogP contribution < -0.4 is 5.32 Å². The molecule has 0 saturated carbocycles. The number of para-hydroxylation sites is 1. The van der Waals surface area contributed by atoms with Gasteiger partial charge in [0.15, 0.2) is 0 Å². The van der Waals surface area contributed by atoms with Crippen LogP contribution in [0.5, 0.6) is 0 Å². The van der Waals surface area contributed by atoms with E-state index in [4.69, 9.17) is 0 Å². The van der Waals surface area contributed by atoms with Crippen molar-refractivity contribution in [1.82, 2.24) is 10.3 Å². The standard InChI is InChI=1S/C27H32F4N2/c1-18(2)16-33-26(27(29,30)31,15-20-12-13-32-24-9-7-6-8-22(20)24)17-25(4,5)23-14-21(28)11-10-19(23)3/h6-14,18,33H,15-17H2,1-5H3. The summed E-state index contributed by atoms with van der Waals surface area (Å²) in [5.41, 5.74) is -0.535. The number of fused-ring (bicyclic) bond motifs is 1. The zero-order chi connectivity index (χ0) is 24.4. The van der Waals surface area contributed by atoms with Crippen LogP contribution in [0, 0.1) is 18.7 Å². The zero-order valence-electron chi connectivity index (χ0n) is 19.9. The summed E-state index contributed by atoms with van der Waals surface area (Å²) < 4.78 is 59.0. The molecule has 1 aromatic heterocycles. The van der Waals surface area contributed by atoms with Crippen molar-refractivity contribution >= 4 is 10.9 Å². The van der Waals surface area contributed by atoms with Gasteiger partial charge in [0.1, 0.15) is 11.4 Å². The largest absolute Gasteiger partial charge is 0.406 e. The first kappa shape index (κ1) is 25.2. The molecule has 3 aromatic rings. The van der Waals surface area contributed by atoms with Gasteiger partial charge in [0.25, 0.3) is 0 Å². The Labute approximate surface area is 193 Å². The lowest BCUT2D eigenvalue weighted by atomic mass is 9.70. The number of nitrogens with zero attached hydrogens (tertiary/aromatic N) is 1. The first-order valence-electron chi connectivity index (χ1n) is 11.3. The molecule has 1 atom stereocenters. The van der Waals surface area contributed by atoms with Crippen molar-refractivity contribution < 1.29 is 17.6 Å². The molecule has 3 rings (SSSR count). The van der Waals surface area contributed by atoms with Crippen LogP contribution >= 0.6 is 0 Å². The number of aromatic nitrogens is 1. The van der Waals surface area contributed by atoms with E-state index in [1.807, 2.05) is 39.0 Å². The lowest BCUT2D eigenvalue weighted by Crippen LogP contribution is -2.61. The van der Waals surface area contributed by atoms with E-state index in [1.54, 1.807) is 38.2 Å². The highest BCUT2D eigenvalue weighted by Crippen LogP contribution is 2.44. The summed E-state index contributed by atoms with van der Waals surface area (Å²) in [6, 6.07) is 13.2. The van der Waals surface area contributed by atoms with E-state index in [0.717, 1.165) is 5.56 Å². The molecule has 33 heavy (non-hydrogen) atoms. The van der Waals surface area contributed by atoms with Crippen LogP contribution in [0.2, 0.25) is 0 Å². The predicted octanol–water partition coefficient (Wildman–Crippen LogP) is 7.14. The lowest BCUT2D eigenvalue weighted by molar-refractivity contribution is -0.203. The molecular formula is C27H32F4N2. The smallest absolute Gasteiger partial charge is 0.303 e. The molecule has 1 unspecified atom stereocenters. The summed E-state index contributed by atoms with van der Waals surface area (Å²) in [5, 5.41) is 3.61. The van der Waals surface area contributed by atoms with Gasteiger partial charge in [-0.2, -0.15) is 13.2 Å². The van der Waals surface area contributed by atoms with E-state index in [0.29, 0.717) is 22.0 Å². The Morgan fingerprint density at radius 3 is 2.36 bits per heavy atom.